The Labute approximate surface area is 153 Å². The van der Waals surface area contributed by atoms with Gasteiger partial charge in [-0.15, -0.1) is 0 Å². The molecule has 1 fully saturated rings. The molecule has 8 heteroatoms. The summed E-state index contributed by atoms with van der Waals surface area (Å²) in [6.45, 7) is 7.41. The second kappa shape index (κ2) is 10.3. The fourth-order valence-electron chi connectivity index (χ4n) is 2.52. The van der Waals surface area contributed by atoms with E-state index in [-0.39, 0.29) is 6.10 Å². The first-order valence-corrected chi connectivity index (χ1v) is 10.0. The number of anilines is 1. The molecule has 0 saturated carbocycles. The van der Waals surface area contributed by atoms with Crippen LogP contribution in [0, 0.1) is 0 Å². The Hall–Kier alpha value is -0.625. The van der Waals surface area contributed by atoms with E-state index < -0.39 is 0 Å². The Morgan fingerprint density at radius 2 is 2.26 bits per heavy atom. The quantitative estimate of drug-likeness (QED) is 0.674. The van der Waals surface area contributed by atoms with E-state index in [2.05, 4.69) is 58.7 Å². The predicted octanol–water partition coefficient (Wildman–Crippen LogP) is 0.625. The monoisotopic (exact) mass is 345 g/mol. The molecule has 1 saturated heterocycles. The van der Waals surface area contributed by atoms with E-state index >= 15 is 0 Å². The van der Waals surface area contributed by atoms with Gasteiger partial charge >= 0.3 is 126 Å². The maximum absolute atomic E-state index is 6.04. The van der Waals surface area contributed by atoms with Crippen molar-refractivity contribution < 1.29 is 4.74 Å². The summed E-state index contributed by atoms with van der Waals surface area (Å²) >= 11 is 2.89. The normalized spacial score (nSPS) is 17.0. The van der Waals surface area contributed by atoms with E-state index in [4.69, 9.17) is 4.74 Å². The molecule has 0 aromatic carbocycles. The van der Waals surface area contributed by atoms with Crippen LogP contribution in [0.25, 0.3) is 0 Å². The minimum absolute atomic E-state index is 0.270. The Balaban J connectivity index is 1.79. The van der Waals surface area contributed by atoms with E-state index in [1.165, 1.54) is 0 Å². The van der Waals surface area contributed by atoms with Gasteiger partial charge in [0.1, 0.15) is 0 Å². The first kappa shape index (κ1) is 18.7. The summed E-state index contributed by atoms with van der Waals surface area (Å²) in [5.41, 5.74) is 0. The van der Waals surface area contributed by atoms with Crippen LogP contribution in [0.2, 0.25) is 0 Å². The van der Waals surface area contributed by atoms with Gasteiger partial charge in [0.05, 0.1) is 0 Å². The summed E-state index contributed by atoms with van der Waals surface area (Å²) in [5.74, 6) is 1.50. The van der Waals surface area contributed by atoms with Crippen molar-refractivity contribution in [3.63, 3.8) is 0 Å². The average molecular weight is 345 g/mol. The summed E-state index contributed by atoms with van der Waals surface area (Å²) in [6.07, 6.45) is 5.02. The van der Waals surface area contributed by atoms with Crippen LogP contribution in [-0.4, -0.2) is 82.0 Å². The summed E-state index contributed by atoms with van der Waals surface area (Å²) in [5, 5.41) is 3.32. The van der Waals surface area contributed by atoms with E-state index in [9.17, 15) is 0 Å². The SMILES string of the molecule is C[CH]=[Al][N]1CCC(Oc2cc(NCCC(C)[NH][Al])ncn2)CC1. The molecular weight excluding hydrogens is 320 g/mol. The van der Waals surface area contributed by atoms with Crippen molar-refractivity contribution in [1.82, 2.24) is 18.2 Å². The average Bonchev–Trinajstić information content (AvgIpc) is 2.57. The number of hydrogen-bond acceptors (Lipinski definition) is 6. The molecule has 1 aromatic rings. The van der Waals surface area contributed by atoms with Crippen molar-refractivity contribution in [3.8, 4) is 5.88 Å². The van der Waals surface area contributed by atoms with Gasteiger partial charge in [0.25, 0.3) is 16.5 Å². The molecule has 1 aliphatic heterocycles. The van der Waals surface area contributed by atoms with Crippen molar-refractivity contribution in [2.75, 3.05) is 25.0 Å². The van der Waals surface area contributed by atoms with E-state index in [1.807, 2.05) is 6.07 Å². The number of hydrogen-bond donors (Lipinski definition) is 2. The van der Waals surface area contributed by atoms with Crippen LogP contribution < -0.4 is 14.4 Å². The first-order valence-electron chi connectivity index (χ1n) is 8.27. The molecule has 1 aliphatic rings. The summed E-state index contributed by atoms with van der Waals surface area (Å²) < 4.78 is 11.7. The van der Waals surface area contributed by atoms with Gasteiger partial charge < -0.3 is 4.30 Å². The third-order valence-corrected chi connectivity index (χ3v) is 5.74. The van der Waals surface area contributed by atoms with Gasteiger partial charge in [0, 0.05) is 0 Å². The van der Waals surface area contributed by atoms with Gasteiger partial charge in [-0.05, 0) is 0 Å². The van der Waals surface area contributed by atoms with Gasteiger partial charge in [0.15, 0.2) is 0 Å². The van der Waals surface area contributed by atoms with Gasteiger partial charge in [-0.25, -0.2) is 0 Å². The fourth-order valence-corrected chi connectivity index (χ4v) is 3.71. The van der Waals surface area contributed by atoms with Crippen LogP contribution in [-0.2, 0) is 0 Å². The van der Waals surface area contributed by atoms with Crippen LogP contribution in [0.3, 0.4) is 0 Å². The van der Waals surface area contributed by atoms with Crippen LogP contribution in [0.4, 0.5) is 5.82 Å². The molecule has 0 amide bonds. The molecule has 23 heavy (non-hydrogen) atoms. The number of nitrogens with one attached hydrogen (secondary N) is 2. The maximum atomic E-state index is 6.04. The summed E-state index contributed by atoms with van der Waals surface area (Å²) in [7, 11) is 0. The van der Waals surface area contributed by atoms with Crippen molar-refractivity contribution >= 4 is 42.2 Å². The van der Waals surface area contributed by atoms with Crippen LogP contribution >= 0.6 is 0 Å². The number of rotatable bonds is 8. The molecule has 2 rings (SSSR count). The molecule has 0 bridgehead atoms. The van der Waals surface area contributed by atoms with E-state index in [1.54, 1.807) is 6.33 Å². The van der Waals surface area contributed by atoms with Crippen molar-refractivity contribution in [2.24, 2.45) is 0 Å². The zero-order chi connectivity index (χ0) is 16.5. The standard InChI is InChI=1S/C13H21N5O.C2H4.2Al/c1-10(14)2-7-16-12-8-13(18-9-17-12)19-11-3-5-15-6-4-11;1-2;;/h8-11,14H,2-7H2,1H3,(H,16,17,18);1H,2H3;;/q-2;;2*+1. The van der Waals surface area contributed by atoms with Crippen LogP contribution in [0.15, 0.2) is 12.4 Å². The molecule has 0 spiro atoms. The minimum atomic E-state index is 0.270. The second-order valence-electron chi connectivity index (χ2n) is 5.86. The molecule has 122 valence electrons. The number of ether oxygens (including phenoxy) is 1. The number of nitrogens with zero attached hydrogens (tertiary/aromatic N) is 3. The number of aromatic nitrogens is 2. The molecule has 0 aliphatic carbocycles. The fraction of sp³-hybridized carbons (Fsp3) is 0.667. The summed E-state index contributed by atoms with van der Waals surface area (Å²) in [4.78, 5) is 10.8. The van der Waals surface area contributed by atoms with Crippen molar-refractivity contribution in [1.29, 1.82) is 0 Å². The van der Waals surface area contributed by atoms with Crippen molar-refractivity contribution in [2.45, 2.75) is 45.3 Å². The van der Waals surface area contributed by atoms with Crippen molar-refractivity contribution in [3.05, 3.63) is 12.4 Å². The molecule has 6 nitrogen and oxygen atoms in total. The first-order chi connectivity index (χ1) is 11.2. The third kappa shape index (κ3) is 6.79. The molecule has 2 heterocycles. The Morgan fingerprint density at radius 3 is 2.96 bits per heavy atom. The third-order valence-electron chi connectivity index (χ3n) is 3.93. The van der Waals surface area contributed by atoms with Crippen LogP contribution in [0.5, 0.6) is 5.88 Å². The number of piperidine rings is 1. The Kier molecular flexibility index (Phi) is 8.37. The van der Waals surface area contributed by atoms with Gasteiger partial charge in [-0.3, -0.25) is 0 Å². The van der Waals surface area contributed by atoms with E-state index in [0.29, 0.717) is 26.9 Å². The van der Waals surface area contributed by atoms with Gasteiger partial charge in [-0.2, -0.15) is 0 Å². The van der Waals surface area contributed by atoms with E-state index in [0.717, 1.165) is 44.7 Å². The van der Waals surface area contributed by atoms with Crippen LogP contribution in [0.1, 0.15) is 33.1 Å². The Morgan fingerprint density at radius 1 is 1.48 bits per heavy atom. The molecule has 1 unspecified atom stereocenters. The summed E-state index contributed by atoms with van der Waals surface area (Å²) in [6, 6.07) is 2.36. The van der Waals surface area contributed by atoms with Gasteiger partial charge in [-0.1, -0.05) is 6.92 Å². The second-order valence-corrected chi connectivity index (χ2v) is 7.89. The zero-order valence-electron chi connectivity index (χ0n) is 14.0. The predicted molar refractivity (Wildman–Crippen MR) is 96.2 cm³/mol. The molecule has 2 radical (unpaired) electrons. The topological polar surface area (TPSA) is 62.3 Å². The molecule has 1 aromatic heterocycles. The zero-order valence-corrected chi connectivity index (χ0v) is 16.3. The van der Waals surface area contributed by atoms with Gasteiger partial charge in [0.2, 0.25) is 0 Å². The molecule has 1 atom stereocenters. The molecular formula is C15H25Al2N5O. The Bertz CT molecular complexity index is 495. The molecule has 2 N–H and O–H groups in total.